The molecule has 3 heteroatoms. The van der Waals surface area contributed by atoms with E-state index in [-0.39, 0.29) is 5.78 Å². The Kier molecular flexibility index (Phi) is 2.32. The number of carbonyl (C=O) groups excluding carboxylic acids is 1. The number of hydrogen-bond donors (Lipinski definition) is 0. The van der Waals surface area contributed by atoms with Crippen molar-refractivity contribution in [3.63, 3.8) is 0 Å². The Hall–Kier alpha value is -1.90. The number of aromatic nitrogens is 2. The quantitative estimate of drug-likeness (QED) is 0.753. The van der Waals surface area contributed by atoms with E-state index in [9.17, 15) is 4.79 Å². The lowest BCUT2D eigenvalue weighted by atomic mass is 9.75. The van der Waals surface area contributed by atoms with E-state index in [4.69, 9.17) is 0 Å². The van der Waals surface area contributed by atoms with Crippen LogP contribution in [-0.2, 0) is 13.5 Å². The van der Waals surface area contributed by atoms with Crippen LogP contribution in [0.15, 0.2) is 36.5 Å². The molecule has 0 amide bonds. The standard InChI is InChI=1S/C14H14N2O/c1-16-7-6-13(15-16)14(17)9-11-8-10-4-2-3-5-12(10)11/h2-7,11H,8-9H2,1H3. The van der Waals surface area contributed by atoms with Gasteiger partial charge in [0.05, 0.1) is 0 Å². The molecule has 86 valence electrons. The van der Waals surface area contributed by atoms with Crippen molar-refractivity contribution in [1.82, 2.24) is 9.78 Å². The van der Waals surface area contributed by atoms with E-state index in [0.29, 0.717) is 18.0 Å². The van der Waals surface area contributed by atoms with Crippen molar-refractivity contribution < 1.29 is 4.79 Å². The fraction of sp³-hybridized carbons (Fsp3) is 0.286. The maximum Gasteiger partial charge on any atom is 0.183 e. The highest BCUT2D eigenvalue weighted by atomic mass is 16.1. The van der Waals surface area contributed by atoms with Crippen LogP contribution >= 0.6 is 0 Å². The van der Waals surface area contributed by atoms with Crippen molar-refractivity contribution in [2.24, 2.45) is 7.05 Å². The Morgan fingerprint density at radius 1 is 1.41 bits per heavy atom. The predicted octanol–water partition coefficient (Wildman–Crippen LogP) is 2.33. The van der Waals surface area contributed by atoms with Gasteiger partial charge in [-0.25, -0.2) is 0 Å². The molecule has 1 aliphatic carbocycles. The summed E-state index contributed by atoms with van der Waals surface area (Å²) in [5.74, 6) is 0.533. The van der Waals surface area contributed by atoms with Gasteiger partial charge in [0, 0.05) is 19.7 Å². The van der Waals surface area contributed by atoms with Crippen molar-refractivity contribution in [1.29, 1.82) is 0 Å². The molecule has 1 heterocycles. The van der Waals surface area contributed by atoms with Crippen LogP contribution < -0.4 is 0 Å². The normalized spacial score (nSPS) is 17.4. The first-order valence-electron chi connectivity index (χ1n) is 5.84. The number of aryl methyl sites for hydroxylation is 1. The Balaban J connectivity index is 1.72. The van der Waals surface area contributed by atoms with Gasteiger partial charge in [0.25, 0.3) is 0 Å². The van der Waals surface area contributed by atoms with Gasteiger partial charge in [-0.05, 0) is 29.5 Å². The van der Waals surface area contributed by atoms with Gasteiger partial charge in [0.1, 0.15) is 5.69 Å². The fourth-order valence-electron chi connectivity index (χ4n) is 2.44. The Morgan fingerprint density at radius 3 is 2.94 bits per heavy atom. The molecule has 2 aromatic rings. The zero-order chi connectivity index (χ0) is 11.8. The summed E-state index contributed by atoms with van der Waals surface area (Å²) in [7, 11) is 1.83. The third-order valence-corrected chi connectivity index (χ3v) is 3.39. The SMILES string of the molecule is Cn1ccc(C(=O)CC2Cc3ccccc32)n1. The molecule has 0 aliphatic heterocycles. The van der Waals surface area contributed by atoms with Gasteiger partial charge in [0.15, 0.2) is 5.78 Å². The molecule has 0 radical (unpaired) electrons. The molecule has 0 fully saturated rings. The minimum absolute atomic E-state index is 0.144. The number of Topliss-reactive ketones (excluding diaryl/α,β-unsaturated/α-hetero) is 1. The van der Waals surface area contributed by atoms with Gasteiger partial charge < -0.3 is 0 Å². The molecule has 1 unspecified atom stereocenters. The minimum atomic E-state index is 0.144. The van der Waals surface area contributed by atoms with Gasteiger partial charge in [-0.2, -0.15) is 5.10 Å². The van der Waals surface area contributed by atoms with Crippen LogP contribution in [0.5, 0.6) is 0 Å². The second-order valence-corrected chi connectivity index (χ2v) is 4.60. The molecule has 0 saturated heterocycles. The van der Waals surface area contributed by atoms with E-state index in [1.165, 1.54) is 11.1 Å². The molecule has 3 nitrogen and oxygen atoms in total. The number of nitrogens with zero attached hydrogens (tertiary/aromatic N) is 2. The molecule has 0 bridgehead atoms. The molecule has 1 aliphatic rings. The Labute approximate surface area is 100 Å². The van der Waals surface area contributed by atoms with E-state index in [1.807, 2.05) is 19.3 Å². The summed E-state index contributed by atoms with van der Waals surface area (Å²) in [5.41, 5.74) is 3.29. The average molecular weight is 226 g/mol. The molecular weight excluding hydrogens is 212 g/mol. The molecule has 0 saturated carbocycles. The van der Waals surface area contributed by atoms with E-state index >= 15 is 0 Å². The topological polar surface area (TPSA) is 34.9 Å². The molecular formula is C14H14N2O. The van der Waals surface area contributed by atoms with E-state index in [0.717, 1.165) is 6.42 Å². The first-order valence-corrected chi connectivity index (χ1v) is 5.84. The largest absolute Gasteiger partial charge is 0.292 e. The second kappa shape index (κ2) is 3.84. The monoisotopic (exact) mass is 226 g/mol. The number of fused-ring (bicyclic) bond motifs is 1. The molecule has 3 rings (SSSR count). The molecule has 17 heavy (non-hydrogen) atoms. The van der Waals surface area contributed by atoms with Crippen molar-refractivity contribution >= 4 is 5.78 Å². The van der Waals surface area contributed by atoms with Crippen LogP contribution in [-0.4, -0.2) is 15.6 Å². The van der Waals surface area contributed by atoms with Gasteiger partial charge in [0.2, 0.25) is 0 Å². The van der Waals surface area contributed by atoms with Gasteiger partial charge >= 0.3 is 0 Å². The van der Waals surface area contributed by atoms with E-state index < -0.39 is 0 Å². The van der Waals surface area contributed by atoms with Crippen molar-refractivity contribution in [2.75, 3.05) is 0 Å². The summed E-state index contributed by atoms with van der Waals surface area (Å²) in [4.78, 5) is 12.0. The molecule has 1 aromatic heterocycles. The predicted molar refractivity (Wildman–Crippen MR) is 65.0 cm³/mol. The summed E-state index contributed by atoms with van der Waals surface area (Å²) in [5, 5.41) is 4.15. The first kappa shape index (κ1) is 10.3. The third kappa shape index (κ3) is 1.78. The third-order valence-electron chi connectivity index (χ3n) is 3.39. The number of ketones is 1. The summed E-state index contributed by atoms with van der Waals surface area (Å²) < 4.78 is 1.67. The highest BCUT2D eigenvalue weighted by Crippen LogP contribution is 2.37. The smallest absolute Gasteiger partial charge is 0.183 e. The zero-order valence-electron chi connectivity index (χ0n) is 9.76. The average Bonchev–Trinajstić information content (AvgIpc) is 2.73. The van der Waals surface area contributed by atoms with E-state index in [1.54, 1.807) is 10.7 Å². The van der Waals surface area contributed by atoms with Crippen LogP contribution in [0.3, 0.4) is 0 Å². The number of hydrogen-bond acceptors (Lipinski definition) is 2. The van der Waals surface area contributed by atoms with Gasteiger partial charge in [-0.1, -0.05) is 24.3 Å². The minimum Gasteiger partial charge on any atom is -0.292 e. The van der Waals surface area contributed by atoms with Crippen molar-refractivity contribution in [2.45, 2.75) is 18.8 Å². The van der Waals surface area contributed by atoms with Crippen LogP contribution in [0.4, 0.5) is 0 Å². The van der Waals surface area contributed by atoms with Crippen LogP contribution in [0.1, 0.15) is 34.0 Å². The lowest BCUT2D eigenvalue weighted by Gasteiger charge is -2.29. The lowest BCUT2D eigenvalue weighted by Crippen LogP contribution is -2.20. The van der Waals surface area contributed by atoms with Gasteiger partial charge in [-0.3, -0.25) is 9.48 Å². The van der Waals surface area contributed by atoms with Gasteiger partial charge in [-0.15, -0.1) is 0 Å². The van der Waals surface area contributed by atoms with Crippen LogP contribution in [0.25, 0.3) is 0 Å². The first-order chi connectivity index (χ1) is 8.24. The maximum absolute atomic E-state index is 12.0. The maximum atomic E-state index is 12.0. The fourth-order valence-corrected chi connectivity index (χ4v) is 2.44. The van der Waals surface area contributed by atoms with Crippen molar-refractivity contribution in [3.05, 3.63) is 53.3 Å². The summed E-state index contributed by atoms with van der Waals surface area (Å²) in [6.07, 6.45) is 3.41. The number of rotatable bonds is 3. The highest BCUT2D eigenvalue weighted by molar-refractivity contribution is 5.94. The van der Waals surface area contributed by atoms with Crippen molar-refractivity contribution in [3.8, 4) is 0 Å². The zero-order valence-corrected chi connectivity index (χ0v) is 9.76. The molecule has 0 spiro atoms. The van der Waals surface area contributed by atoms with Crippen LogP contribution in [0.2, 0.25) is 0 Å². The number of carbonyl (C=O) groups is 1. The molecule has 1 aromatic carbocycles. The molecule has 0 N–H and O–H groups in total. The summed E-state index contributed by atoms with van der Waals surface area (Å²) >= 11 is 0. The highest BCUT2D eigenvalue weighted by Gasteiger charge is 2.28. The number of benzene rings is 1. The van der Waals surface area contributed by atoms with E-state index in [2.05, 4.69) is 23.3 Å². The second-order valence-electron chi connectivity index (χ2n) is 4.60. The summed E-state index contributed by atoms with van der Waals surface area (Å²) in [6, 6.07) is 10.1. The summed E-state index contributed by atoms with van der Waals surface area (Å²) in [6.45, 7) is 0. The Bertz CT molecular complexity index is 571. The van der Waals surface area contributed by atoms with Crippen LogP contribution in [0, 0.1) is 0 Å². The molecule has 1 atom stereocenters. The lowest BCUT2D eigenvalue weighted by molar-refractivity contribution is 0.0965. The Morgan fingerprint density at radius 2 is 2.24 bits per heavy atom.